The average Bonchev–Trinajstić information content (AvgIpc) is 2.55. The molecule has 0 bridgehead atoms. The van der Waals surface area contributed by atoms with Gasteiger partial charge in [-0.1, -0.05) is 0 Å². The molecule has 1 aromatic carbocycles. The molecule has 0 fully saturated rings. The van der Waals surface area contributed by atoms with Crippen molar-refractivity contribution >= 4 is 27.5 Å². The Bertz CT molecular complexity index is 686. The maximum atomic E-state index is 12.0. The van der Waals surface area contributed by atoms with Gasteiger partial charge in [0, 0.05) is 39.9 Å². The number of carbonyl (C=O) groups excluding carboxylic acids is 2. The number of nitrogens with one attached hydrogen (secondary N) is 1. The second-order valence-electron chi connectivity index (χ2n) is 5.71. The molecular formula is C16H25N3O5S. The Morgan fingerprint density at radius 1 is 1.16 bits per heavy atom. The first kappa shape index (κ1) is 20.9. The Morgan fingerprint density at radius 2 is 1.76 bits per heavy atom. The van der Waals surface area contributed by atoms with Crippen molar-refractivity contribution < 1.29 is 22.7 Å². The van der Waals surface area contributed by atoms with Gasteiger partial charge in [0.2, 0.25) is 15.9 Å². The molecule has 140 valence electrons. The van der Waals surface area contributed by atoms with Gasteiger partial charge < -0.3 is 15.0 Å². The number of carbonyl (C=O) groups is 2. The predicted molar refractivity (Wildman–Crippen MR) is 96.2 cm³/mol. The Labute approximate surface area is 148 Å². The minimum atomic E-state index is -3.65. The van der Waals surface area contributed by atoms with Crippen molar-refractivity contribution in [3.63, 3.8) is 0 Å². The summed E-state index contributed by atoms with van der Waals surface area (Å²) in [6.45, 7) is 0.588. The van der Waals surface area contributed by atoms with E-state index in [0.29, 0.717) is 30.8 Å². The third-order valence-corrected chi connectivity index (χ3v) is 4.48. The lowest BCUT2D eigenvalue weighted by molar-refractivity contribution is -0.119. The number of hydrogen-bond acceptors (Lipinski definition) is 5. The van der Waals surface area contributed by atoms with Crippen LogP contribution in [0.15, 0.2) is 24.3 Å². The van der Waals surface area contributed by atoms with E-state index in [1.54, 1.807) is 21.2 Å². The van der Waals surface area contributed by atoms with Gasteiger partial charge in [0.15, 0.2) is 0 Å². The van der Waals surface area contributed by atoms with Crippen molar-refractivity contribution in [3.05, 3.63) is 29.8 Å². The zero-order chi connectivity index (χ0) is 19.0. The van der Waals surface area contributed by atoms with E-state index in [-0.39, 0.29) is 12.5 Å². The molecule has 0 aliphatic rings. The molecule has 8 nitrogen and oxygen atoms in total. The topological polar surface area (TPSA) is 96.0 Å². The highest BCUT2D eigenvalue weighted by molar-refractivity contribution is 7.92. The summed E-state index contributed by atoms with van der Waals surface area (Å²) in [6.07, 6.45) is 1.67. The Hall–Kier alpha value is -2.13. The zero-order valence-corrected chi connectivity index (χ0v) is 15.8. The largest absolute Gasteiger partial charge is 0.385 e. The molecule has 0 spiro atoms. The number of methoxy groups -OCH3 is 1. The van der Waals surface area contributed by atoms with Crippen molar-refractivity contribution in [3.8, 4) is 0 Å². The number of sulfonamides is 1. The van der Waals surface area contributed by atoms with Crippen molar-refractivity contribution in [1.82, 2.24) is 10.2 Å². The van der Waals surface area contributed by atoms with Gasteiger partial charge in [-0.15, -0.1) is 0 Å². The van der Waals surface area contributed by atoms with Gasteiger partial charge in [0.05, 0.1) is 11.9 Å². The molecule has 0 aromatic heterocycles. The standard InChI is InChI=1S/C16H25N3O5S/c1-18(2)16(21)13-6-8-14(9-7-13)19(25(4,22)23)12-15(20)17-10-5-11-24-3/h6-9H,5,10-12H2,1-4H3,(H,17,20). The molecule has 0 atom stereocenters. The number of anilines is 1. The van der Waals surface area contributed by atoms with E-state index in [4.69, 9.17) is 4.74 Å². The summed E-state index contributed by atoms with van der Waals surface area (Å²) in [5.41, 5.74) is 0.760. The van der Waals surface area contributed by atoms with E-state index >= 15 is 0 Å². The van der Waals surface area contributed by atoms with Crippen LogP contribution in [0.2, 0.25) is 0 Å². The zero-order valence-electron chi connectivity index (χ0n) is 15.0. The van der Waals surface area contributed by atoms with Gasteiger partial charge in [-0.3, -0.25) is 13.9 Å². The van der Waals surface area contributed by atoms with Crippen molar-refractivity contribution in [1.29, 1.82) is 0 Å². The molecule has 0 radical (unpaired) electrons. The van der Waals surface area contributed by atoms with Crippen LogP contribution in [-0.2, 0) is 19.6 Å². The molecular weight excluding hydrogens is 346 g/mol. The highest BCUT2D eigenvalue weighted by atomic mass is 32.2. The fraction of sp³-hybridized carbons (Fsp3) is 0.500. The van der Waals surface area contributed by atoms with Crippen LogP contribution in [0, 0.1) is 0 Å². The third-order valence-electron chi connectivity index (χ3n) is 3.34. The van der Waals surface area contributed by atoms with Gasteiger partial charge in [0.1, 0.15) is 6.54 Å². The van der Waals surface area contributed by atoms with Crippen LogP contribution in [-0.4, -0.2) is 72.3 Å². The number of benzene rings is 1. The fourth-order valence-corrected chi connectivity index (χ4v) is 2.92. The molecule has 1 rings (SSSR count). The Kier molecular flexibility index (Phi) is 7.85. The summed E-state index contributed by atoms with van der Waals surface area (Å²) >= 11 is 0. The van der Waals surface area contributed by atoms with Crippen LogP contribution in [0.3, 0.4) is 0 Å². The smallest absolute Gasteiger partial charge is 0.253 e. The van der Waals surface area contributed by atoms with Gasteiger partial charge in [-0.2, -0.15) is 0 Å². The lowest BCUT2D eigenvalue weighted by Gasteiger charge is -2.22. The van der Waals surface area contributed by atoms with Gasteiger partial charge in [-0.05, 0) is 30.7 Å². The van der Waals surface area contributed by atoms with E-state index < -0.39 is 15.9 Å². The number of nitrogens with zero attached hydrogens (tertiary/aromatic N) is 2. The lowest BCUT2D eigenvalue weighted by Crippen LogP contribution is -2.40. The number of hydrogen-bond donors (Lipinski definition) is 1. The van der Waals surface area contributed by atoms with E-state index in [9.17, 15) is 18.0 Å². The quantitative estimate of drug-likeness (QED) is 0.630. The van der Waals surface area contributed by atoms with E-state index in [1.807, 2.05) is 0 Å². The maximum Gasteiger partial charge on any atom is 0.253 e. The Balaban J connectivity index is 2.86. The summed E-state index contributed by atoms with van der Waals surface area (Å²) in [5, 5.41) is 2.65. The van der Waals surface area contributed by atoms with E-state index in [1.165, 1.54) is 29.2 Å². The molecule has 1 aromatic rings. The predicted octanol–water partition coefficient (Wildman–Crippen LogP) is 0.307. The normalized spacial score (nSPS) is 11.0. The molecule has 0 aliphatic heterocycles. The van der Waals surface area contributed by atoms with Crippen LogP contribution in [0.1, 0.15) is 16.8 Å². The summed E-state index contributed by atoms with van der Waals surface area (Å²) < 4.78 is 29.9. The van der Waals surface area contributed by atoms with Gasteiger partial charge in [-0.25, -0.2) is 8.42 Å². The molecule has 0 unspecified atom stereocenters. The molecule has 0 saturated heterocycles. The van der Waals surface area contributed by atoms with Crippen LogP contribution in [0.25, 0.3) is 0 Å². The SMILES string of the molecule is COCCCNC(=O)CN(c1ccc(C(=O)N(C)C)cc1)S(C)(=O)=O. The summed E-state index contributed by atoms with van der Waals surface area (Å²) in [7, 11) is 1.19. The van der Waals surface area contributed by atoms with Crippen molar-refractivity contribution in [2.24, 2.45) is 0 Å². The van der Waals surface area contributed by atoms with E-state index in [0.717, 1.165) is 10.6 Å². The van der Waals surface area contributed by atoms with Crippen molar-refractivity contribution in [2.45, 2.75) is 6.42 Å². The minimum Gasteiger partial charge on any atom is -0.385 e. The van der Waals surface area contributed by atoms with Crippen LogP contribution in [0.5, 0.6) is 0 Å². The summed E-state index contributed by atoms with van der Waals surface area (Å²) in [6, 6.07) is 6.09. The molecule has 9 heteroatoms. The molecule has 2 amide bonds. The molecule has 0 aliphatic carbocycles. The molecule has 1 N–H and O–H groups in total. The third kappa shape index (κ3) is 6.71. The van der Waals surface area contributed by atoms with Crippen molar-refractivity contribution in [2.75, 3.05) is 51.5 Å². The monoisotopic (exact) mass is 371 g/mol. The average molecular weight is 371 g/mol. The highest BCUT2D eigenvalue weighted by Crippen LogP contribution is 2.18. The van der Waals surface area contributed by atoms with E-state index in [2.05, 4.69) is 5.32 Å². The second-order valence-corrected chi connectivity index (χ2v) is 7.62. The summed E-state index contributed by atoms with van der Waals surface area (Å²) in [5.74, 6) is -0.594. The highest BCUT2D eigenvalue weighted by Gasteiger charge is 2.21. The fourth-order valence-electron chi connectivity index (χ4n) is 2.06. The summed E-state index contributed by atoms with van der Waals surface area (Å²) in [4.78, 5) is 25.3. The number of rotatable bonds is 9. The lowest BCUT2D eigenvalue weighted by atomic mass is 10.2. The van der Waals surface area contributed by atoms with Crippen LogP contribution < -0.4 is 9.62 Å². The molecule has 0 heterocycles. The first-order valence-electron chi connectivity index (χ1n) is 7.72. The number of ether oxygens (including phenoxy) is 1. The first-order chi connectivity index (χ1) is 11.7. The van der Waals surface area contributed by atoms with Gasteiger partial charge >= 0.3 is 0 Å². The van der Waals surface area contributed by atoms with Gasteiger partial charge in [0.25, 0.3) is 5.91 Å². The first-order valence-corrected chi connectivity index (χ1v) is 9.56. The number of amides is 2. The molecule has 25 heavy (non-hydrogen) atoms. The van der Waals surface area contributed by atoms with Crippen LogP contribution >= 0.6 is 0 Å². The maximum absolute atomic E-state index is 12.0. The molecule has 0 saturated carbocycles. The van der Waals surface area contributed by atoms with Crippen LogP contribution in [0.4, 0.5) is 5.69 Å². The minimum absolute atomic E-state index is 0.187. The Morgan fingerprint density at radius 3 is 2.24 bits per heavy atom. The second kappa shape index (κ2) is 9.38.